The quantitative estimate of drug-likeness (QED) is 0.481. The van der Waals surface area contributed by atoms with Crippen LogP contribution in [0.5, 0.6) is 0 Å². The fourth-order valence-electron chi connectivity index (χ4n) is 1.97. The van der Waals surface area contributed by atoms with Crippen molar-refractivity contribution in [3.8, 4) is 22.8 Å². The number of nitrogens with one attached hydrogen (secondary N) is 1. The van der Waals surface area contributed by atoms with Gasteiger partial charge in [0, 0.05) is 24.3 Å². The summed E-state index contributed by atoms with van der Waals surface area (Å²) in [5.74, 6) is 0. The fraction of sp³-hybridized carbons (Fsp3) is 0. The normalized spacial score (nSPS) is 9.09. The second kappa shape index (κ2) is 7.74. The van der Waals surface area contributed by atoms with Gasteiger partial charge in [0.05, 0.1) is 0 Å². The van der Waals surface area contributed by atoms with Crippen LogP contribution in [0.3, 0.4) is 0 Å². The summed E-state index contributed by atoms with van der Waals surface area (Å²) in [7, 11) is 0. The van der Waals surface area contributed by atoms with Gasteiger partial charge in [-0.1, -0.05) is 0 Å². The Hall–Kier alpha value is -2.94. The second-order valence-corrected chi connectivity index (χ2v) is 4.11. The maximum Gasteiger partial charge on any atom is 0.240 e. The fourth-order valence-corrected chi connectivity index (χ4v) is 1.97. The minimum Gasteiger partial charge on any atom is -0.618 e. The molecule has 118 valence electrons. The molecule has 0 atom stereocenters. The average Bonchev–Trinajstić information content (AvgIpc) is 2.89. The average molecular weight is 307 g/mol. The summed E-state index contributed by atoms with van der Waals surface area (Å²) in [6, 6.07) is 13.9. The third-order valence-electron chi connectivity index (χ3n) is 2.89. The Kier molecular flexibility index (Phi) is 6.71. The summed E-state index contributed by atoms with van der Waals surface area (Å²) in [4.78, 5) is 3.09. The molecule has 0 amide bonds. The van der Waals surface area contributed by atoms with E-state index in [-0.39, 0.29) is 16.4 Å². The number of hydrogen-bond acceptors (Lipinski definition) is 2. The number of H-pyrrole nitrogens is 1. The highest BCUT2D eigenvalue weighted by molar-refractivity contribution is 5.61. The van der Waals surface area contributed by atoms with Crippen molar-refractivity contribution >= 4 is 0 Å². The van der Waals surface area contributed by atoms with Gasteiger partial charge in [-0.15, -0.1) is 0 Å². The SMILES string of the molecule is O.O.O.[O-][n+]1ccccc1-c1ccc(-c2cccc[n+]2[O-])[nH]1. The van der Waals surface area contributed by atoms with Crippen molar-refractivity contribution in [2.75, 3.05) is 0 Å². The molecule has 22 heavy (non-hydrogen) atoms. The first kappa shape index (κ1) is 19.1. The molecule has 0 unspecified atom stereocenters. The van der Waals surface area contributed by atoms with E-state index in [1.165, 1.54) is 12.4 Å². The van der Waals surface area contributed by atoms with Gasteiger partial charge in [-0.2, -0.15) is 9.46 Å². The minimum absolute atomic E-state index is 0. The maximum absolute atomic E-state index is 11.7. The first-order valence-corrected chi connectivity index (χ1v) is 5.82. The van der Waals surface area contributed by atoms with Crippen LogP contribution in [0.4, 0.5) is 0 Å². The highest BCUT2D eigenvalue weighted by Crippen LogP contribution is 2.20. The molecule has 0 spiro atoms. The molecule has 0 aliphatic carbocycles. The van der Waals surface area contributed by atoms with Crippen LogP contribution in [0.25, 0.3) is 22.8 Å². The van der Waals surface area contributed by atoms with Gasteiger partial charge < -0.3 is 31.8 Å². The molecule has 0 bridgehead atoms. The summed E-state index contributed by atoms with van der Waals surface area (Å²) < 4.78 is 1.57. The lowest BCUT2D eigenvalue weighted by molar-refractivity contribution is -0.594. The Bertz CT molecular complexity index is 670. The molecule has 0 aromatic carbocycles. The molecule has 0 radical (unpaired) electrons. The smallest absolute Gasteiger partial charge is 0.240 e. The first-order valence-electron chi connectivity index (χ1n) is 5.82. The molecule has 3 aromatic rings. The Morgan fingerprint density at radius 3 is 1.41 bits per heavy atom. The lowest BCUT2D eigenvalue weighted by atomic mass is 10.3. The van der Waals surface area contributed by atoms with Crippen molar-refractivity contribution in [3.05, 3.63) is 71.3 Å². The third-order valence-corrected chi connectivity index (χ3v) is 2.89. The predicted molar refractivity (Wildman–Crippen MR) is 80.4 cm³/mol. The van der Waals surface area contributed by atoms with E-state index in [4.69, 9.17) is 0 Å². The Morgan fingerprint density at radius 2 is 1.05 bits per heavy atom. The van der Waals surface area contributed by atoms with Gasteiger partial charge in [0.1, 0.15) is 11.4 Å². The van der Waals surface area contributed by atoms with E-state index >= 15 is 0 Å². The van der Waals surface area contributed by atoms with Gasteiger partial charge in [0.25, 0.3) is 0 Å². The van der Waals surface area contributed by atoms with E-state index in [2.05, 4.69) is 4.98 Å². The van der Waals surface area contributed by atoms with Crippen molar-refractivity contribution in [1.82, 2.24) is 4.98 Å². The number of aromatic amines is 1. The Labute approximate surface area is 126 Å². The Morgan fingerprint density at radius 1 is 0.636 bits per heavy atom. The molecule has 0 fully saturated rings. The van der Waals surface area contributed by atoms with Gasteiger partial charge >= 0.3 is 0 Å². The lowest BCUT2D eigenvalue weighted by Crippen LogP contribution is -2.28. The van der Waals surface area contributed by atoms with Crippen LogP contribution in [0, 0.1) is 10.4 Å². The highest BCUT2D eigenvalue weighted by atomic mass is 16.5. The lowest BCUT2D eigenvalue weighted by Gasteiger charge is -2.02. The van der Waals surface area contributed by atoms with Crippen LogP contribution < -0.4 is 9.46 Å². The molecule has 8 nitrogen and oxygen atoms in total. The Balaban J connectivity index is 0.00000147. The minimum atomic E-state index is 0. The third kappa shape index (κ3) is 3.38. The number of aromatic nitrogens is 3. The van der Waals surface area contributed by atoms with E-state index < -0.39 is 0 Å². The summed E-state index contributed by atoms with van der Waals surface area (Å²) in [6.45, 7) is 0. The van der Waals surface area contributed by atoms with Gasteiger partial charge in [-0.05, 0) is 24.3 Å². The van der Waals surface area contributed by atoms with Crippen LogP contribution in [0.2, 0.25) is 0 Å². The van der Waals surface area contributed by atoms with E-state index in [1.54, 1.807) is 48.5 Å². The topological polar surface area (TPSA) is 164 Å². The number of hydrogen-bond donors (Lipinski definition) is 1. The zero-order chi connectivity index (χ0) is 13.2. The molecule has 0 saturated carbocycles. The molecule has 3 aromatic heterocycles. The number of rotatable bonds is 2. The number of pyridine rings is 2. The molecule has 0 aliphatic rings. The molecule has 7 N–H and O–H groups in total. The van der Waals surface area contributed by atoms with E-state index in [1.807, 2.05) is 0 Å². The molecule has 3 rings (SSSR count). The standard InChI is InChI=1S/C14H11N3O2.3H2O/c18-16-9-3-1-5-13(16)11-7-8-12(15-11)14-6-2-4-10-17(14)19;;;/h1-10,15H;3*1H2. The van der Waals surface area contributed by atoms with E-state index in [0.717, 1.165) is 9.46 Å². The summed E-state index contributed by atoms with van der Waals surface area (Å²) >= 11 is 0. The molecule has 0 saturated heterocycles. The monoisotopic (exact) mass is 307 g/mol. The van der Waals surface area contributed by atoms with Crippen LogP contribution in [-0.4, -0.2) is 21.4 Å². The van der Waals surface area contributed by atoms with Crippen LogP contribution in [0.1, 0.15) is 0 Å². The summed E-state index contributed by atoms with van der Waals surface area (Å²) in [5, 5.41) is 23.3. The van der Waals surface area contributed by atoms with Gasteiger partial charge in [0.15, 0.2) is 12.4 Å². The molecular weight excluding hydrogens is 290 g/mol. The van der Waals surface area contributed by atoms with Crippen LogP contribution in [-0.2, 0) is 0 Å². The second-order valence-electron chi connectivity index (χ2n) is 4.11. The summed E-state index contributed by atoms with van der Waals surface area (Å²) in [6.07, 6.45) is 2.87. The zero-order valence-corrected chi connectivity index (χ0v) is 11.5. The first-order chi connectivity index (χ1) is 9.25. The van der Waals surface area contributed by atoms with Gasteiger partial charge in [-0.25, -0.2) is 0 Å². The van der Waals surface area contributed by atoms with Gasteiger partial charge in [-0.3, -0.25) is 0 Å². The van der Waals surface area contributed by atoms with Crippen molar-refractivity contribution < 1.29 is 25.9 Å². The zero-order valence-electron chi connectivity index (χ0n) is 11.5. The van der Waals surface area contributed by atoms with Crippen molar-refractivity contribution in [2.24, 2.45) is 0 Å². The van der Waals surface area contributed by atoms with Crippen LogP contribution >= 0.6 is 0 Å². The molecule has 3 heterocycles. The maximum atomic E-state index is 11.7. The highest BCUT2D eigenvalue weighted by Gasteiger charge is 2.14. The summed E-state index contributed by atoms with van der Waals surface area (Å²) in [5.41, 5.74) is 2.38. The largest absolute Gasteiger partial charge is 0.618 e. The van der Waals surface area contributed by atoms with Crippen molar-refractivity contribution in [2.45, 2.75) is 0 Å². The number of nitrogens with zero attached hydrogens (tertiary/aromatic N) is 2. The van der Waals surface area contributed by atoms with E-state index in [9.17, 15) is 10.4 Å². The molecule has 0 aliphatic heterocycles. The van der Waals surface area contributed by atoms with Crippen molar-refractivity contribution in [3.63, 3.8) is 0 Å². The van der Waals surface area contributed by atoms with Crippen LogP contribution in [0.15, 0.2) is 60.9 Å². The molecular formula is C14H17N3O5. The predicted octanol–water partition coefficient (Wildman–Crippen LogP) is -0.859. The molecule has 8 heteroatoms. The van der Waals surface area contributed by atoms with E-state index in [0.29, 0.717) is 22.8 Å². The van der Waals surface area contributed by atoms with Gasteiger partial charge in [0.2, 0.25) is 11.4 Å². The van der Waals surface area contributed by atoms with Crippen molar-refractivity contribution in [1.29, 1.82) is 0 Å².